The van der Waals surface area contributed by atoms with Gasteiger partial charge in [-0.05, 0) is 118 Å². The molecule has 4 aromatic carbocycles. The van der Waals surface area contributed by atoms with E-state index in [1.165, 1.54) is 65.3 Å². The lowest BCUT2D eigenvalue weighted by Crippen LogP contribution is -2.50. The summed E-state index contributed by atoms with van der Waals surface area (Å²) in [5.41, 5.74) is 5.37. The molecule has 30 nitrogen and oxygen atoms in total. The van der Waals surface area contributed by atoms with Crippen molar-refractivity contribution in [2.75, 3.05) is 94.2 Å². The first kappa shape index (κ1) is 90.8. The summed E-state index contributed by atoms with van der Waals surface area (Å²) in [4.78, 5) is 96.8. The van der Waals surface area contributed by atoms with Crippen LogP contribution in [0.4, 0.5) is 11.4 Å². The number of thiophene rings is 2. The minimum absolute atomic E-state index is 0.0125. The molecule has 0 radical (unpaired) electrons. The number of hydrogen-bond acceptors (Lipinski definition) is 26. The predicted molar refractivity (Wildman–Crippen MR) is 459 cm³/mol. The van der Waals surface area contributed by atoms with Gasteiger partial charge in [0.25, 0.3) is 23.6 Å². The number of nitrogens with zero attached hydrogens (tertiary/aromatic N) is 6. The lowest BCUT2D eigenvalue weighted by Gasteiger charge is -2.36. The molecule has 13 rings (SSSR count). The summed E-state index contributed by atoms with van der Waals surface area (Å²) in [6, 6.07) is 23.1. The van der Waals surface area contributed by atoms with Crippen LogP contribution >= 0.6 is 22.7 Å². The Morgan fingerprint density at radius 2 is 1.15 bits per heavy atom. The van der Waals surface area contributed by atoms with Gasteiger partial charge in [0, 0.05) is 138 Å². The summed E-state index contributed by atoms with van der Waals surface area (Å²) >= 11 is 3.36. The fourth-order valence-corrected chi connectivity index (χ4v) is 18.2. The molecule has 8 heterocycles. The van der Waals surface area contributed by atoms with E-state index in [1.54, 1.807) is 59.1 Å². The van der Waals surface area contributed by atoms with E-state index < -0.39 is 75.4 Å². The van der Waals surface area contributed by atoms with Gasteiger partial charge in [0.2, 0.25) is 18.1 Å². The topological polar surface area (TPSA) is 357 Å². The van der Waals surface area contributed by atoms with E-state index in [-0.39, 0.29) is 124 Å². The van der Waals surface area contributed by atoms with Crippen LogP contribution in [0.3, 0.4) is 0 Å². The number of amides is 6. The van der Waals surface area contributed by atoms with E-state index in [1.807, 2.05) is 83.7 Å². The third-order valence-corrected chi connectivity index (χ3v) is 24.8. The lowest BCUT2D eigenvalue weighted by atomic mass is 9.92. The molecule has 0 spiro atoms. The van der Waals surface area contributed by atoms with Crippen LogP contribution in [0.1, 0.15) is 139 Å². The number of benzene rings is 4. The number of imide groups is 1. The molecule has 0 saturated carbocycles. The van der Waals surface area contributed by atoms with E-state index in [4.69, 9.17) is 61.0 Å². The summed E-state index contributed by atoms with van der Waals surface area (Å²) in [7, 11) is 2.16. The molecule has 123 heavy (non-hydrogen) atoms. The molecule has 6 aliphatic heterocycles. The molecular formula is C90H111N8O22S3+. The van der Waals surface area contributed by atoms with Gasteiger partial charge in [0.1, 0.15) is 44.3 Å². The Morgan fingerprint density at radius 3 is 1.70 bits per heavy atom. The maximum Gasteiger partial charge on any atom is 0.501 e. The molecule has 1 saturated heterocycles. The fourth-order valence-electron chi connectivity index (χ4n) is 15.6. The van der Waals surface area contributed by atoms with Crippen molar-refractivity contribution in [2.45, 2.75) is 164 Å². The van der Waals surface area contributed by atoms with Crippen LogP contribution in [0.2, 0.25) is 0 Å². The summed E-state index contributed by atoms with van der Waals surface area (Å²) in [5, 5.41) is 41.2. The molecule has 0 bridgehead atoms. The van der Waals surface area contributed by atoms with Crippen LogP contribution < -0.4 is 33.8 Å². The number of allylic oxidation sites excluding steroid dienone is 1. The molecule has 1 fully saturated rings. The number of ether oxygens (including phenoxy) is 9. The highest BCUT2D eigenvalue weighted by molar-refractivity contribution is 7.82. The number of nitrogens with one attached hydrogen (secondary N) is 2. The van der Waals surface area contributed by atoms with Crippen molar-refractivity contribution in [3.05, 3.63) is 180 Å². The summed E-state index contributed by atoms with van der Waals surface area (Å²) in [5.74, 6) is -1.81. The van der Waals surface area contributed by atoms with Gasteiger partial charge in [0.15, 0.2) is 34.5 Å². The second-order valence-electron chi connectivity index (χ2n) is 36.1. The zero-order valence-corrected chi connectivity index (χ0v) is 74.0. The predicted octanol–water partition coefficient (Wildman–Crippen LogP) is 10.3. The van der Waals surface area contributed by atoms with Gasteiger partial charge in [-0.25, -0.2) is 0 Å². The first-order chi connectivity index (χ1) is 58.4. The van der Waals surface area contributed by atoms with Gasteiger partial charge in [-0.3, -0.25) is 43.7 Å². The van der Waals surface area contributed by atoms with Gasteiger partial charge in [-0.2, -0.15) is 0 Å². The Labute approximate surface area is 725 Å². The highest BCUT2D eigenvalue weighted by Gasteiger charge is 2.42. The van der Waals surface area contributed by atoms with Crippen LogP contribution in [-0.4, -0.2) is 222 Å². The normalized spacial score (nSPS) is 20.3. The second kappa shape index (κ2) is 38.3. The summed E-state index contributed by atoms with van der Waals surface area (Å²) in [6.07, 6.45) is 4.84. The number of carbonyl (C=O) groups excluding carboxylic acids is 6. The van der Waals surface area contributed by atoms with Gasteiger partial charge < -0.3 is 91.2 Å². The maximum atomic E-state index is 14.3. The maximum absolute atomic E-state index is 14.3. The molecule has 5 N–H and O–H groups in total. The van der Waals surface area contributed by atoms with E-state index in [0.29, 0.717) is 115 Å². The largest absolute Gasteiger partial charge is 0.501 e. The monoisotopic (exact) mass is 1750 g/mol. The van der Waals surface area contributed by atoms with E-state index >= 15 is 0 Å². The Morgan fingerprint density at radius 1 is 0.626 bits per heavy atom. The second-order valence-corrected chi connectivity index (χ2v) is 39.3. The number of carbonyl (C=O) groups is 6. The van der Waals surface area contributed by atoms with Gasteiger partial charge in [-0.15, -0.1) is 31.1 Å². The minimum atomic E-state index is -5.00. The van der Waals surface area contributed by atoms with Gasteiger partial charge in [0.05, 0.1) is 121 Å². The molecular weight excluding hydrogens is 1640 g/mol. The van der Waals surface area contributed by atoms with Crippen molar-refractivity contribution >= 4 is 92.3 Å². The molecule has 6 amide bonds. The first-order valence-electron chi connectivity index (χ1n) is 41.1. The number of methoxy groups -OCH3 is 2. The Kier molecular flexibility index (Phi) is 28.3. The fraction of sp³-hybridized carbons (Fsp3) is 0.489. The van der Waals surface area contributed by atoms with Crippen molar-refractivity contribution in [3.8, 4) is 28.7 Å². The zero-order valence-electron chi connectivity index (χ0n) is 71.5. The van der Waals surface area contributed by atoms with Crippen molar-refractivity contribution in [1.29, 1.82) is 0 Å². The first-order valence-corrected chi connectivity index (χ1v) is 44.2. The third-order valence-electron chi connectivity index (χ3n) is 22.1. The number of fused-ring (bicyclic) bond motifs is 6. The molecule has 5 unspecified atom stereocenters. The number of quaternary nitrogens is 1. The van der Waals surface area contributed by atoms with Crippen LogP contribution in [0.5, 0.6) is 28.7 Å². The Balaban J connectivity index is 0.631. The SMILES string of the molecule is COc1cc2c(cc1OCc1cc(COc3cc4c(cc3OC)C(=O)N3Cc5ccsc5C[C@H]3C=N4)cc(C[N+](C)(C)Cc3ccc(OS(=O)(=O)OC4=CC(C(=O)NCC(C)(C)COCC(C)(C)CNC(=O)CCOCC(C)(C)COCC(C)(C)CN5C(=O)C=CC5=O)CC=C4OC4CC(O)C(O)[C@@H](CO)O4)cc3)c1)N=CC1Cc3sccc3CN1C2=O. The summed E-state index contributed by atoms with van der Waals surface area (Å²) < 4.78 is 94.8. The average molecular weight is 1750 g/mol. The van der Waals surface area contributed by atoms with Crippen molar-refractivity contribution in [3.63, 3.8) is 0 Å². The molecule has 2 aromatic heterocycles. The average Bonchev–Trinajstić information content (AvgIpc) is 1.65. The Bertz CT molecular complexity index is 5010. The molecule has 7 aliphatic rings. The van der Waals surface area contributed by atoms with Crippen molar-refractivity contribution in [1.82, 2.24) is 25.3 Å². The molecule has 1 aliphatic carbocycles. The quantitative estimate of drug-likeness (QED) is 0.0136. The molecule has 7 atom stereocenters. The zero-order chi connectivity index (χ0) is 87.9. The number of aliphatic hydroxyl groups excluding tert-OH is 3. The molecule has 660 valence electrons. The lowest BCUT2D eigenvalue weighted by molar-refractivity contribution is -0.916. The van der Waals surface area contributed by atoms with Crippen molar-refractivity contribution in [2.24, 2.45) is 37.6 Å². The Hall–Kier alpha value is -9.91. The van der Waals surface area contributed by atoms with Gasteiger partial charge >= 0.3 is 10.4 Å². The highest BCUT2D eigenvalue weighted by Crippen LogP contribution is 2.43. The highest BCUT2D eigenvalue weighted by atomic mass is 32.3. The van der Waals surface area contributed by atoms with Crippen LogP contribution in [0.25, 0.3) is 0 Å². The van der Waals surface area contributed by atoms with E-state index in [2.05, 4.69) is 59.8 Å². The number of rotatable bonds is 39. The van der Waals surface area contributed by atoms with E-state index in [0.717, 1.165) is 33.4 Å². The van der Waals surface area contributed by atoms with E-state index in [9.17, 15) is 52.5 Å². The standard InChI is InChI=1S/C90H110N8O22S3/c1-87(2,47-93-79(101)21-24-112-53-90(7,8)54-114-52-89(5,6)49-97-80(102)19-20-81(97)103)50-113-51-88(3,4)48-94-84(105)59-15-18-70(117-82-37-69(100)83(104)76(44-99)118-82)75(30-59)120-123(108,109)119-64-16-13-55(14-17-64)42-98(9,10)43-56-27-57(45-115-73-35-67-65(33-71(73)110-11)85(106)95-40-60-22-25-121-77(60)31-62(95)38-91-67)29-58(28-56)46-116-74-36-68-66(34-72(74)111-12)86(107)96-41-61-23-26-122-78(61)32-63(96)39-92-68/h13-14,16-20,22-23,25-30,33-36,38-39,59,62-63,69,76,82-83,99-100,104H,15,21,24,31-32,37,40-54H2,1-12H3,(H-,93,94,101,105)/p+1/t59?,62-,63?,69?,76+,82?,83?/m0/s1. The summed E-state index contributed by atoms with van der Waals surface area (Å²) in [6.45, 7) is 19.3. The molecule has 33 heteroatoms. The number of hydrogen-bond donors (Lipinski definition) is 5. The van der Waals surface area contributed by atoms with Crippen LogP contribution in [0.15, 0.2) is 135 Å². The number of aliphatic imine (C=N–C) groups is 2. The van der Waals surface area contributed by atoms with Crippen molar-refractivity contribution < 1.29 is 108 Å². The molecule has 6 aromatic rings. The smallest absolute Gasteiger partial charge is 0.493 e. The van der Waals surface area contributed by atoms with Crippen LogP contribution in [-0.2, 0) is 110 Å². The number of aliphatic hydroxyl groups is 3. The van der Waals surface area contributed by atoms with Gasteiger partial charge in [-0.1, -0.05) is 55.4 Å². The third kappa shape index (κ3) is 23.4. The van der Waals surface area contributed by atoms with Crippen LogP contribution in [0, 0.1) is 27.6 Å². The minimum Gasteiger partial charge on any atom is -0.493 e.